The highest BCUT2D eigenvalue weighted by molar-refractivity contribution is 5.88. The fraction of sp³-hybridized carbons (Fsp3) is 0.615. The topological polar surface area (TPSA) is 87.5 Å². The molecule has 0 aromatic carbocycles. The van der Waals surface area contributed by atoms with Gasteiger partial charge in [0.1, 0.15) is 0 Å². The van der Waals surface area contributed by atoms with E-state index >= 15 is 0 Å². The van der Waals surface area contributed by atoms with Crippen LogP contribution in [0.15, 0.2) is 6.07 Å². The number of aliphatic carboxylic acids is 1. The van der Waals surface area contributed by atoms with Crippen LogP contribution in [0.2, 0.25) is 0 Å². The third-order valence-electron chi connectivity index (χ3n) is 3.64. The summed E-state index contributed by atoms with van der Waals surface area (Å²) in [4.78, 5) is 24.8. The van der Waals surface area contributed by atoms with Crippen LogP contribution in [0.5, 0.6) is 0 Å². The zero-order valence-electron chi connectivity index (χ0n) is 12.0. The van der Waals surface area contributed by atoms with Crippen LogP contribution in [0.4, 0.5) is 10.6 Å². The Morgan fingerprint density at radius 2 is 2.15 bits per heavy atom. The molecule has 7 heteroatoms. The van der Waals surface area contributed by atoms with Crippen LogP contribution in [-0.4, -0.2) is 44.9 Å². The predicted molar refractivity (Wildman–Crippen MR) is 73.4 cm³/mol. The average molecular weight is 280 g/mol. The molecule has 1 aliphatic heterocycles. The van der Waals surface area contributed by atoms with Crippen molar-refractivity contribution >= 4 is 17.8 Å². The first-order valence-corrected chi connectivity index (χ1v) is 6.66. The van der Waals surface area contributed by atoms with Gasteiger partial charge in [0.05, 0.1) is 5.92 Å². The molecular formula is C13H20N4O3. The normalized spacial score (nSPS) is 22.6. The Balaban J connectivity index is 2.02. The SMILES string of the molecule is Cc1cc(NC(=O)N2CC(C)CC(C(=O)O)C2)nn1C. The molecule has 2 rings (SSSR count). The maximum absolute atomic E-state index is 12.2. The highest BCUT2D eigenvalue weighted by atomic mass is 16.4. The Labute approximate surface area is 117 Å². The number of carbonyl (C=O) groups is 2. The van der Waals surface area contributed by atoms with E-state index in [0.29, 0.717) is 18.8 Å². The van der Waals surface area contributed by atoms with Crippen molar-refractivity contribution in [1.82, 2.24) is 14.7 Å². The van der Waals surface area contributed by atoms with Gasteiger partial charge in [-0.2, -0.15) is 5.10 Å². The molecule has 2 unspecified atom stereocenters. The Kier molecular flexibility index (Phi) is 3.96. The monoisotopic (exact) mass is 280 g/mol. The van der Waals surface area contributed by atoms with Crippen LogP contribution in [0.3, 0.4) is 0 Å². The van der Waals surface area contributed by atoms with Crippen LogP contribution >= 0.6 is 0 Å². The Bertz CT molecular complexity index is 506. The van der Waals surface area contributed by atoms with E-state index in [1.54, 1.807) is 22.7 Å². The molecule has 1 fully saturated rings. The molecule has 2 atom stereocenters. The van der Waals surface area contributed by atoms with Gasteiger partial charge in [0.25, 0.3) is 0 Å². The number of carboxylic acid groups (broad SMARTS) is 1. The number of hydrogen-bond donors (Lipinski definition) is 2. The molecule has 0 saturated carbocycles. The minimum atomic E-state index is -0.844. The second kappa shape index (κ2) is 5.52. The smallest absolute Gasteiger partial charge is 0.323 e. The number of rotatable bonds is 2. The number of piperidine rings is 1. The van der Waals surface area contributed by atoms with Crippen LogP contribution in [0, 0.1) is 18.8 Å². The molecule has 0 spiro atoms. The lowest BCUT2D eigenvalue weighted by molar-refractivity contribution is -0.143. The molecule has 1 aromatic rings. The standard InChI is InChI=1S/C13H20N4O3/c1-8-4-10(12(18)19)7-17(6-8)13(20)14-11-5-9(2)16(3)15-11/h5,8,10H,4,6-7H2,1-3H3,(H,18,19)(H,14,15,20). The highest BCUT2D eigenvalue weighted by Crippen LogP contribution is 2.22. The van der Waals surface area contributed by atoms with Gasteiger partial charge in [0.2, 0.25) is 0 Å². The molecule has 0 bridgehead atoms. The van der Waals surface area contributed by atoms with Crippen molar-refractivity contribution in [2.45, 2.75) is 20.3 Å². The largest absolute Gasteiger partial charge is 0.481 e. The molecule has 0 aliphatic carbocycles. The Hall–Kier alpha value is -2.05. The first-order valence-electron chi connectivity index (χ1n) is 6.66. The van der Waals surface area contributed by atoms with Crippen LogP contribution < -0.4 is 5.32 Å². The van der Waals surface area contributed by atoms with Crippen molar-refractivity contribution < 1.29 is 14.7 Å². The summed E-state index contributed by atoms with van der Waals surface area (Å²) in [5.74, 6) is -0.667. The summed E-state index contributed by atoms with van der Waals surface area (Å²) in [7, 11) is 1.80. The van der Waals surface area contributed by atoms with E-state index < -0.39 is 11.9 Å². The van der Waals surface area contributed by atoms with E-state index in [1.165, 1.54) is 0 Å². The van der Waals surface area contributed by atoms with E-state index in [4.69, 9.17) is 5.11 Å². The number of amides is 2. The quantitative estimate of drug-likeness (QED) is 0.855. The Morgan fingerprint density at radius 3 is 2.70 bits per heavy atom. The number of hydrogen-bond acceptors (Lipinski definition) is 3. The highest BCUT2D eigenvalue weighted by Gasteiger charge is 2.32. The van der Waals surface area contributed by atoms with Crippen LogP contribution in [-0.2, 0) is 11.8 Å². The summed E-state index contributed by atoms with van der Waals surface area (Å²) in [6, 6.07) is 1.49. The van der Waals surface area contributed by atoms with Gasteiger partial charge in [-0.3, -0.25) is 14.8 Å². The molecule has 1 aliphatic rings. The maximum Gasteiger partial charge on any atom is 0.323 e. The van der Waals surface area contributed by atoms with Gasteiger partial charge in [-0.15, -0.1) is 0 Å². The number of nitrogens with one attached hydrogen (secondary N) is 1. The van der Waals surface area contributed by atoms with Crippen molar-refractivity contribution in [1.29, 1.82) is 0 Å². The van der Waals surface area contributed by atoms with Gasteiger partial charge >= 0.3 is 12.0 Å². The summed E-state index contributed by atoms with van der Waals surface area (Å²) < 4.78 is 1.68. The maximum atomic E-state index is 12.2. The van der Waals surface area contributed by atoms with Crippen molar-refractivity contribution in [3.05, 3.63) is 11.8 Å². The fourth-order valence-electron chi connectivity index (χ4n) is 2.51. The minimum absolute atomic E-state index is 0.182. The molecule has 1 saturated heterocycles. The molecule has 1 aromatic heterocycles. The predicted octanol–water partition coefficient (Wildman–Crippen LogP) is 1.30. The van der Waals surface area contributed by atoms with E-state index in [2.05, 4.69) is 10.4 Å². The molecule has 20 heavy (non-hydrogen) atoms. The molecular weight excluding hydrogens is 260 g/mol. The average Bonchev–Trinajstić information content (AvgIpc) is 2.67. The zero-order valence-corrected chi connectivity index (χ0v) is 12.0. The lowest BCUT2D eigenvalue weighted by atomic mass is 9.91. The molecule has 2 heterocycles. The second-order valence-corrected chi connectivity index (χ2v) is 5.51. The third-order valence-corrected chi connectivity index (χ3v) is 3.64. The lowest BCUT2D eigenvalue weighted by Gasteiger charge is -2.34. The van der Waals surface area contributed by atoms with E-state index in [1.807, 2.05) is 13.8 Å². The molecule has 2 amide bonds. The summed E-state index contributed by atoms with van der Waals surface area (Å²) in [6.45, 7) is 4.67. The lowest BCUT2D eigenvalue weighted by Crippen LogP contribution is -2.47. The summed E-state index contributed by atoms with van der Waals surface area (Å²) in [5.41, 5.74) is 0.940. The number of urea groups is 1. The van der Waals surface area contributed by atoms with E-state index in [-0.39, 0.29) is 18.5 Å². The summed E-state index contributed by atoms with van der Waals surface area (Å²) >= 11 is 0. The Morgan fingerprint density at radius 1 is 1.45 bits per heavy atom. The van der Waals surface area contributed by atoms with Crippen LogP contribution in [0.1, 0.15) is 19.0 Å². The van der Waals surface area contributed by atoms with Crippen LogP contribution in [0.25, 0.3) is 0 Å². The second-order valence-electron chi connectivity index (χ2n) is 5.51. The molecule has 2 N–H and O–H groups in total. The van der Waals surface area contributed by atoms with Gasteiger partial charge in [0.15, 0.2) is 5.82 Å². The summed E-state index contributed by atoms with van der Waals surface area (Å²) in [6.07, 6.45) is 0.613. The fourth-order valence-corrected chi connectivity index (χ4v) is 2.51. The number of aromatic nitrogens is 2. The third kappa shape index (κ3) is 3.09. The van der Waals surface area contributed by atoms with Gasteiger partial charge in [-0.05, 0) is 19.3 Å². The van der Waals surface area contributed by atoms with E-state index in [0.717, 1.165) is 5.69 Å². The van der Waals surface area contributed by atoms with Gasteiger partial charge in [0, 0.05) is 31.9 Å². The number of anilines is 1. The first-order chi connectivity index (χ1) is 9.36. The number of aryl methyl sites for hydroxylation is 2. The number of likely N-dealkylation sites (tertiary alicyclic amines) is 1. The zero-order chi connectivity index (χ0) is 14.9. The summed E-state index contributed by atoms with van der Waals surface area (Å²) in [5, 5.41) is 16.0. The van der Waals surface area contributed by atoms with Gasteiger partial charge < -0.3 is 10.0 Å². The molecule has 7 nitrogen and oxygen atoms in total. The molecule has 0 radical (unpaired) electrons. The number of carbonyl (C=O) groups excluding carboxylic acids is 1. The van der Waals surface area contributed by atoms with Crippen molar-refractivity contribution in [3.8, 4) is 0 Å². The van der Waals surface area contributed by atoms with Crippen molar-refractivity contribution in [2.24, 2.45) is 18.9 Å². The number of nitrogens with zero attached hydrogens (tertiary/aromatic N) is 3. The number of carboxylic acids is 1. The van der Waals surface area contributed by atoms with Gasteiger partial charge in [-0.25, -0.2) is 4.79 Å². The minimum Gasteiger partial charge on any atom is -0.481 e. The van der Waals surface area contributed by atoms with Crippen molar-refractivity contribution in [3.63, 3.8) is 0 Å². The first kappa shape index (κ1) is 14.4. The van der Waals surface area contributed by atoms with Gasteiger partial charge in [-0.1, -0.05) is 6.92 Å². The van der Waals surface area contributed by atoms with Crippen molar-refractivity contribution in [2.75, 3.05) is 18.4 Å². The molecule has 110 valence electrons. The van der Waals surface area contributed by atoms with E-state index in [9.17, 15) is 9.59 Å².